The number of nitrogens with one attached hydrogen (secondary N) is 1. The van der Waals surface area contributed by atoms with E-state index >= 15 is 0 Å². The van der Waals surface area contributed by atoms with E-state index in [9.17, 15) is 4.79 Å². The summed E-state index contributed by atoms with van der Waals surface area (Å²) >= 11 is 3.50. The molecule has 112 valence electrons. The first-order chi connectivity index (χ1) is 9.08. The standard InChI is InChI=1S/C15H21BrN2O.ClH/c1-11-9-13(3-5-14(11)16)4-6-15(19)18-8-7-17-10-12(18)2;/h3,5,9,12,17H,4,6-8,10H2,1-2H3;1H/t12-;/m1./s1. The van der Waals surface area contributed by atoms with Gasteiger partial charge in [-0.3, -0.25) is 4.79 Å². The smallest absolute Gasteiger partial charge is 0.223 e. The molecule has 1 atom stereocenters. The third-order valence-corrected chi connectivity index (χ3v) is 4.56. The van der Waals surface area contributed by atoms with Crippen molar-refractivity contribution < 1.29 is 4.79 Å². The monoisotopic (exact) mass is 360 g/mol. The molecule has 0 aliphatic carbocycles. The molecule has 1 aliphatic heterocycles. The van der Waals surface area contributed by atoms with Gasteiger partial charge in [0.15, 0.2) is 0 Å². The Morgan fingerprint density at radius 1 is 1.50 bits per heavy atom. The maximum Gasteiger partial charge on any atom is 0.223 e. The van der Waals surface area contributed by atoms with Crippen molar-refractivity contribution in [3.63, 3.8) is 0 Å². The van der Waals surface area contributed by atoms with Gasteiger partial charge in [-0.2, -0.15) is 0 Å². The summed E-state index contributed by atoms with van der Waals surface area (Å²) in [6, 6.07) is 6.61. The summed E-state index contributed by atoms with van der Waals surface area (Å²) in [5.41, 5.74) is 2.46. The summed E-state index contributed by atoms with van der Waals surface area (Å²) in [5.74, 6) is 0.273. The van der Waals surface area contributed by atoms with E-state index < -0.39 is 0 Å². The minimum atomic E-state index is 0. The second kappa shape index (κ2) is 8.01. The van der Waals surface area contributed by atoms with Gasteiger partial charge in [0.05, 0.1) is 0 Å². The Labute approximate surface area is 135 Å². The number of amides is 1. The number of rotatable bonds is 3. The van der Waals surface area contributed by atoms with Crippen LogP contribution in [0.4, 0.5) is 0 Å². The Kier molecular flexibility index (Phi) is 7.00. The molecule has 1 saturated heterocycles. The molecular weight excluding hydrogens is 340 g/mol. The van der Waals surface area contributed by atoms with E-state index in [0.717, 1.165) is 30.5 Å². The second-order valence-electron chi connectivity index (χ2n) is 5.22. The molecule has 0 bridgehead atoms. The lowest BCUT2D eigenvalue weighted by molar-refractivity contribution is -0.133. The molecular formula is C15H22BrClN2O. The van der Waals surface area contributed by atoms with Crippen LogP contribution in [0.3, 0.4) is 0 Å². The molecule has 1 fully saturated rings. The predicted octanol–water partition coefficient (Wildman–Crippen LogP) is 2.93. The predicted molar refractivity (Wildman–Crippen MR) is 88.5 cm³/mol. The maximum atomic E-state index is 12.2. The third kappa shape index (κ3) is 4.47. The number of piperazine rings is 1. The highest BCUT2D eigenvalue weighted by Crippen LogP contribution is 2.18. The molecule has 1 amide bonds. The van der Waals surface area contributed by atoms with E-state index in [1.807, 2.05) is 4.90 Å². The molecule has 1 aromatic carbocycles. The number of carbonyl (C=O) groups excluding carboxylic acids is 1. The Balaban J connectivity index is 0.00000200. The number of carbonyl (C=O) groups is 1. The van der Waals surface area contributed by atoms with Crippen LogP contribution in [0.15, 0.2) is 22.7 Å². The van der Waals surface area contributed by atoms with Crippen molar-refractivity contribution in [3.8, 4) is 0 Å². The van der Waals surface area contributed by atoms with Crippen molar-refractivity contribution in [2.24, 2.45) is 0 Å². The average molecular weight is 362 g/mol. The molecule has 0 radical (unpaired) electrons. The summed E-state index contributed by atoms with van der Waals surface area (Å²) in [6.07, 6.45) is 1.43. The van der Waals surface area contributed by atoms with Crippen LogP contribution >= 0.6 is 28.3 Å². The number of nitrogens with zero attached hydrogens (tertiary/aromatic N) is 1. The Morgan fingerprint density at radius 3 is 2.90 bits per heavy atom. The van der Waals surface area contributed by atoms with Crippen LogP contribution in [-0.2, 0) is 11.2 Å². The number of benzene rings is 1. The van der Waals surface area contributed by atoms with Gasteiger partial charge < -0.3 is 10.2 Å². The Hall–Kier alpha value is -0.580. The lowest BCUT2D eigenvalue weighted by Gasteiger charge is -2.34. The van der Waals surface area contributed by atoms with E-state index in [1.54, 1.807) is 0 Å². The van der Waals surface area contributed by atoms with Gasteiger partial charge in [-0.05, 0) is 37.5 Å². The fraction of sp³-hybridized carbons (Fsp3) is 0.533. The number of hydrogen-bond acceptors (Lipinski definition) is 2. The molecule has 0 spiro atoms. The maximum absolute atomic E-state index is 12.2. The van der Waals surface area contributed by atoms with E-state index in [0.29, 0.717) is 12.5 Å². The summed E-state index contributed by atoms with van der Waals surface area (Å²) in [7, 11) is 0. The molecule has 0 saturated carbocycles. The third-order valence-electron chi connectivity index (χ3n) is 3.67. The van der Waals surface area contributed by atoms with Gasteiger partial charge in [0.25, 0.3) is 0 Å². The molecule has 1 aromatic rings. The highest BCUT2D eigenvalue weighted by molar-refractivity contribution is 9.10. The molecule has 2 rings (SSSR count). The number of aryl methyl sites for hydroxylation is 2. The normalized spacial score (nSPS) is 18.6. The Bertz CT molecular complexity index is 467. The first-order valence-corrected chi connectivity index (χ1v) is 7.62. The zero-order chi connectivity index (χ0) is 13.8. The van der Waals surface area contributed by atoms with Crippen molar-refractivity contribution >= 4 is 34.2 Å². The molecule has 1 aliphatic rings. The summed E-state index contributed by atoms with van der Waals surface area (Å²) in [6.45, 7) is 6.83. The highest BCUT2D eigenvalue weighted by Gasteiger charge is 2.22. The van der Waals surface area contributed by atoms with Crippen LogP contribution in [0.1, 0.15) is 24.5 Å². The van der Waals surface area contributed by atoms with E-state index in [-0.39, 0.29) is 18.3 Å². The topological polar surface area (TPSA) is 32.3 Å². The molecule has 3 nitrogen and oxygen atoms in total. The van der Waals surface area contributed by atoms with Gasteiger partial charge >= 0.3 is 0 Å². The van der Waals surface area contributed by atoms with Crippen molar-refractivity contribution in [1.29, 1.82) is 0 Å². The lowest BCUT2D eigenvalue weighted by atomic mass is 10.1. The van der Waals surface area contributed by atoms with Gasteiger partial charge in [-0.15, -0.1) is 12.4 Å². The van der Waals surface area contributed by atoms with Crippen LogP contribution in [0.5, 0.6) is 0 Å². The average Bonchev–Trinajstić information content (AvgIpc) is 2.40. The number of hydrogen-bond donors (Lipinski definition) is 1. The van der Waals surface area contributed by atoms with E-state index in [2.05, 4.69) is 53.3 Å². The molecule has 0 aromatic heterocycles. The Morgan fingerprint density at radius 2 is 2.25 bits per heavy atom. The van der Waals surface area contributed by atoms with Crippen LogP contribution in [-0.4, -0.2) is 36.5 Å². The summed E-state index contributed by atoms with van der Waals surface area (Å²) in [5, 5.41) is 3.31. The van der Waals surface area contributed by atoms with Crippen LogP contribution in [0, 0.1) is 6.92 Å². The van der Waals surface area contributed by atoms with Crippen molar-refractivity contribution in [1.82, 2.24) is 10.2 Å². The van der Waals surface area contributed by atoms with E-state index in [4.69, 9.17) is 0 Å². The number of halogens is 2. The summed E-state index contributed by atoms with van der Waals surface area (Å²) in [4.78, 5) is 14.2. The minimum absolute atomic E-state index is 0. The summed E-state index contributed by atoms with van der Waals surface area (Å²) < 4.78 is 1.12. The van der Waals surface area contributed by atoms with Crippen molar-refractivity contribution in [2.75, 3.05) is 19.6 Å². The largest absolute Gasteiger partial charge is 0.337 e. The zero-order valence-corrected chi connectivity index (χ0v) is 14.4. The molecule has 1 heterocycles. The van der Waals surface area contributed by atoms with Crippen LogP contribution in [0.25, 0.3) is 0 Å². The molecule has 0 unspecified atom stereocenters. The lowest BCUT2D eigenvalue weighted by Crippen LogP contribution is -2.52. The van der Waals surface area contributed by atoms with Crippen LogP contribution < -0.4 is 5.32 Å². The van der Waals surface area contributed by atoms with E-state index in [1.165, 1.54) is 11.1 Å². The fourth-order valence-corrected chi connectivity index (χ4v) is 2.72. The minimum Gasteiger partial charge on any atom is -0.337 e. The van der Waals surface area contributed by atoms with Crippen LogP contribution in [0.2, 0.25) is 0 Å². The molecule has 5 heteroatoms. The quantitative estimate of drug-likeness (QED) is 0.898. The van der Waals surface area contributed by atoms with Crippen molar-refractivity contribution in [2.45, 2.75) is 32.7 Å². The van der Waals surface area contributed by atoms with Gasteiger partial charge in [0.1, 0.15) is 0 Å². The first-order valence-electron chi connectivity index (χ1n) is 6.83. The SMILES string of the molecule is Cc1cc(CCC(=O)N2CCNC[C@H]2C)ccc1Br.Cl. The molecule has 20 heavy (non-hydrogen) atoms. The van der Waals surface area contributed by atoms with Gasteiger partial charge in [0, 0.05) is 36.6 Å². The second-order valence-corrected chi connectivity index (χ2v) is 6.08. The molecule has 1 N–H and O–H groups in total. The zero-order valence-electron chi connectivity index (χ0n) is 12.0. The first kappa shape index (κ1) is 17.5. The van der Waals surface area contributed by atoms with Gasteiger partial charge in [-0.1, -0.05) is 28.1 Å². The van der Waals surface area contributed by atoms with Gasteiger partial charge in [0.2, 0.25) is 5.91 Å². The van der Waals surface area contributed by atoms with Crippen molar-refractivity contribution in [3.05, 3.63) is 33.8 Å². The van der Waals surface area contributed by atoms with Gasteiger partial charge in [-0.25, -0.2) is 0 Å². The fourth-order valence-electron chi connectivity index (χ4n) is 2.47. The highest BCUT2D eigenvalue weighted by atomic mass is 79.9.